The summed E-state index contributed by atoms with van der Waals surface area (Å²) in [6.45, 7) is 2.46. The third kappa shape index (κ3) is 4.03. The Kier molecular flexibility index (Phi) is 4.84. The van der Waals surface area contributed by atoms with Gasteiger partial charge in [-0.1, -0.05) is 41.9 Å². The molecule has 0 bridgehead atoms. The molecule has 0 amide bonds. The molecule has 4 nitrogen and oxygen atoms in total. The number of carboxylic acid groups (broad SMARTS) is 1. The predicted molar refractivity (Wildman–Crippen MR) is 88.6 cm³/mol. The van der Waals surface area contributed by atoms with Crippen LogP contribution >= 0.6 is 11.6 Å². The molecule has 2 aromatic rings. The highest BCUT2D eigenvalue weighted by molar-refractivity contribution is 6.31. The second kappa shape index (κ2) is 7.02. The fourth-order valence-corrected chi connectivity index (χ4v) is 2.77. The first-order valence-corrected chi connectivity index (χ1v) is 7.90. The van der Waals surface area contributed by atoms with Crippen molar-refractivity contribution in [2.45, 2.75) is 13.2 Å². The summed E-state index contributed by atoms with van der Waals surface area (Å²) in [5.74, 6) is -0.126. The summed E-state index contributed by atoms with van der Waals surface area (Å²) in [7, 11) is 0. The average molecular weight is 332 g/mol. The maximum atomic E-state index is 10.8. The molecule has 120 valence electrons. The van der Waals surface area contributed by atoms with E-state index < -0.39 is 5.97 Å². The van der Waals surface area contributed by atoms with E-state index in [2.05, 4.69) is 4.90 Å². The lowest BCUT2D eigenvalue weighted by atomic mass is 10.00. The zero-order valence-electron chi connectivity index (χ0n) is 12.6. The SMILES string of the molecule is O=C(O)C1CN(Cc2ccc(OCc3ccccc3Cl)cc2)C1. The number of carboxylic acids is 1. The van der Waals surface area contributed by atoms with E-state index in [9.17, 15) is 4.79 Å². The molecule has 1 N–H and O–H groups in total. The van der Waals surface area contributed by atoms with Crippen molar-refractivity contribution >= 4 is 17.6 Å². The minimum absolute atomic E-state index is 0.215. The molecule has 0 aliphatic carbocycles. The van der Waals surface area contributed by atoms with Crippen LogP contribution in [-0.2, 0) is 17.9 Å². The number of halogens is 1. The molecule has 5 heteroatoms. The van der Waals surface area contributed by atoms with E-state index in [1.165, 1.54) is 0 Å². The Labute approximate surface area is 140 Å². The van der Waals surface area contributed by atoms with Crippen LogP contribution in [-0.4, -0.2) is 29.1 Å². The van der Waals surface area contributed by atoms with Gasteiger partial charge in [-0.2, -0.15) is 0 Å². The van der Waals surface area contributed by atoms with Crippen LogP contribution in [0.1, 0.15) is 11.1 Å². The monoisotopic (exact) mass is 331 g/mol. The first-order chi connectivity index (χ1) is 11.1. The van der Waals surface area contributed by atoms with Crippen LogP contribution < -0.4 is 4.74 Å². The topological polar surface area (TPSA) is 49.8 Å². The van der Waals surface area contributed by atoms with Crippen molar-refractivity contribution in [1.82, 2.24) is 4.90 Å². The zero-order chi connectivity index (χ0) is 16.2. The van der Waals surface area contributed by atoms with E-state index in [0.29, 0.717) is 24.7 Å². The molecule has 1 aliphatic rings. The molecule has 0 saturated carbocycles. The fraction of sp³-hybridized carbons (Fsp3) is 0.278. The van der Waals surface area contributed by atoms with Gasteiger partial charge in [0.15, 0.2) is 0 Å². The van der Waals surface area contributed by atoms with Crippen LogP contribution in [0, 0.1) is 5.92 Å². The molecule has 0 radical (unpaired) electrons. The molecule has 0 atom stereocenters. The minimum Gasteiger partial charge on any atom is -0.489 e. The molecule has 3 rings (SSSR count). The van der Waals surface area contributed by atoms with E-state index >= 15 is 0 Å². The van der Waals surface area contributed by atoms with Gasteiger partial charge < -0.3 is 9.84 Å². The minimum atomic E-state index is -0.704. The van der Waals surface area contributed by atoms with Gasteiger partial charge in [0, 0.05) is 30.2 Å². The molecule has 1 aliphatic heterocycles. The first kappa shape index (κ1) is 15.8. The molecular formula is C18H18ClNO3. The molecule has 0 aromatic heterocycles. The number of rotatable bonds is 6. The Morgan fingerprint density at radius 1 is 1.17 bits per heavy atom. The van der Waals surface area contributed by atoms with Crippen LogP contribution in [0.5, 0.6) is 5.75 Å². The summed E-state index contributed by atoms with van der Waals surface area (Å²) in [6.07, 6.45) is 0. The van der Waals surface area contributed by atoms with E-state index in [0.717, 1.165) is 23.4 Å². The fourth-order valence-electron chi connectivity index (χ4n) is 2.58. The van der Waals surface area contributed by atoms with Crippen molar-refractivity contribution in [2.24, 2.45) is 5.92 Å². The second-order valence-electron chi connectivity index (χ2n) is 5.75. The van der Waals surface area contributed by atoms with Gasteiger partial charge in [-0.25, -0.2) is 0 Å². The molecule has 2 aromatic carbocycles. The van der Waals surface area contributed by atoms with Gasteiger partial charge in [0.05, 0.1) is 5.92 Å². The molecule has 23 heavy (non-hydrogen) atoms. The Hall–Kier alpha value is -2.04. The lowest BCUT2D eigenvalue weighted by Crippen LogP contribution is -2.49. The van der Waals surface area contributed by atoms with Gasteiger partial charge in [-0.05, 0) is 23.8 Å². The summed E-state index contributed by atoms with van der Waals surface area (Å²) in [4.78, 5) is 12.9. The highest BCUT2D eigenvalue weighted by Gasteiger charge is 2.31. The van der Waals surface area contributed by atoms with Crippen LogP contribution in [0.3, 0.4) is 0 Å². The highest BCUT2D eigenvalue weighted by atomic mass is 35.5. The number of aliphatic carboxylic acids is 1. The van der Waals surface area contributed by atoms with Crippen molar-refractivity contribution in [2.75, 3.05) is 13.1 Å². The number of likely N-dealkylation sites (tertiary alicyclic amines) is 1. The third-order valence-electron chi connectivity index (χ3n) is 3.99. The predicted octanol–water partition coefficient (Wildman–Crippen LogP) is 3.44. The van der Waals surface area contributed by atoms with Crippen molar-refractivity contribution in [3.63, 3.8) is 0 Å². The van der Waals surface area contributed by atoms with Crippen molar-refractivity contribution in [3.05, 3.63) is 64.7 Å². The van der Waals surface area contributed by atoms with Gasteiger partial charge >= 0.3 is 5.97 Å². The first-order valence-electron chi connectivity index (χ1n) is 7.52. The van der Waals surface area contributed by atoms with Crippen LogP contribution in [0.15, 0.2) is 48.5 Å². The number of ether oxygens (including phenoxy) is 1. The molecule has 0 unspecified atom stereocenters. The van der Waals surface area contributed by atoms with E-state index in [4.69, 9.17) is 21.4 Å². The van der Waals surface area contributed by atoms with Crippen molar-refractivity contribution in [1.29, 1.82) is 0 Å². The molecule has 1 heterocycles. The number of benzene rings is 2. The standard InChI is InChI=1S/C18H18ClNO3/c19-17-4-2-1-3-14(17)12-23-16-7-5-13(6-8-16)9-20-10-15(11-20)18(21)22/h1-8,15H,9-12H2,(H,21,22). The lowest BCUT2D eigenvalue weighted by molar-refractivity contribution is -0.147. The number of nitrogens with zero attached hydrogens (tertiary/aromatic N) is 1. The summed E-state index contributed by atoms with van der Waals surface area (Å²) in [6, 6.07) is 15.5. The van der Waals surface area contributed by atoms with E-state index in [1.807, 2.05) is 48.5 Å². The van der Waals surface area contributed by atoms with Gasteiger partial charge in [-0.15, -0.1) is 0 Å². The Morgan fingerprint density at radius 2 is 1.87 bits per heavy atom. The van der Waals surface area contributed by atoms with Crippen molar-refractivity contribution in [3.8, 4) is 5.75 Å². The Bertz CT molecular complexity index is 681. The number of hydrogen-bond donors (Lipinski definition) is 1. The number of hydrogen-bond acceptors (Lipinski definition) is 3. The molecule has 1 saturated heterocycles. The lowest BCUT2D eigenvalue weighted by Gasteiger charge is -2.36. The summed E-state index contributed by atoms with van der Waals surface area (Å²) < 4.78 is 5.75. The van der Waals surface area contributed by atoms with Gasteiger partial charge in [0.1, 0.15) is 12.4 Å². The quantitative estimate of drug-likeness (QED) is 0.881. The summed E-state index contributed by atoms with van der Waals surface area (Å²) in [5, 5.41) is 9.58. The van der Waals surface area contributed by atoms with Gasteiger partial charge in [-0.3, -0.25) is 9.69 Å². The van der Waals surface area contributed by atoms with Gasteiger partial charge in [0.25, 0.3) is 0 Å². The summed E-state index contributed by atoms with van der Waals surface area (Å²) in [5.41, 5.74) is 2.11. The Balaban J connectivity index is 1.50. The van der Waals surface area contributed by atoms with Crippen molar-refractivity contribution < 1.29 is 14.6 Å². The van der Waals surface area contributed by atoms with Gasteiger partial charge in [0.2, 0.25) is 0 Å². The Morgan fingerprint density at radius 3 is 2.52 bits per heavy atom. The smallest absolute Gasteiger partial charge is 0.309 e. The maximum Gasteiger partial charge on any atom is 0.309 e. The maximum absolute atomic E-state index is 10.8. The highest BCUT2D eigenvalue weighted by Crippen LogP contribution is 2.22. The molecule has 0 spiro atoms. The van der Waals surface area contributed by atoms with Crippen LogP contribution in [0.25, 0.3) is 0 Å². The molecular weight excluding hydrogens is 314 g/mol. The van der Waals surface area contributed by atoms with E-state index in [-0.39, 0.29) is 5.92 Å². The second-order valence-corrected chi connectivity index (χ2v) is 6.16. The normalized spacial score (nSPS) is 15.2. The van der Waals surface area contributed by atoms with E-state index in [1.54, 1.807) is 0 Å². The number of carbonyl (C=O) groups is 1. The average Bonchev–Trinajstić information content (AvgIpc) is 2.50. The molecule has 1 fully saturated rings. The largest absolute Gasteiger partial charge is 0.489 e. The third-order valence-corrected chi connectivity index (χ3v) is 4.36. The van der Waals surface area contributed by atoms with Crippen LogP contribution in [0.2, 0.25) is 5.02 Å². The van der Waals surface area contributed by atoms with Crippen LogP contribution in [0.4, 0.5) is 0 Å². The summed E-state index contributed by atoms with van der Waals surface area (Å²) >= 11 is 6.10. The zero-order valence-corrected chi connectivity index (χ0v) is 13.4.